The molecule has 8 heteroatoms. The maximum absolute atomic E-state index is 14.2. The monoisotopic (exact) mass is 513 g/mol. The molecule has 3 aliphatic heterocycles. The van der Waals surface area contributed by atoms with Crippen LogP contribution in [-0.4, -0.2) is 56.3 Å². The van der Waals surface area contributed by atoms with E-state index in [1.807, 2.05) is 54.6 Å². The summed E-state index contributed by atoms with van der Waals surface area (Å²) in [7, 11) is 0. The lowest BCUT2D eigenvalue weighted by atomic mass is 9.77. The SMILES string of the molecule is CCN(CC)CCNC(=O)c1cccc(CN2C(=O)C3(COc4cc5c(cc43)OCO5)c3ccccc32)c1. The molecular formula is C30H31N3O5. The number of benzene rings is 3. The quantitative estimate of drug-likeness (QED) is 0.495. The van der Waals surface area contributed by atoms with Gasteiger partial charge in [-0.3, -0.25) is 9.59 Å². The molecule has 3 aromatic rings. The first-order chi connectivity index (χ1) is 18.5. The minimum atomic E-state index is -0.952. The number of carbonyl (C=O) groups is 2. The standard InChI is InChI=1S/C30H31N3O5/c1-3-32(4-2)13-12-31-28(34)21-9-7-8-20(14-21)17-33-24-11-6-5-10-22(24)30(29(33)35)18-36-25-16-27-26(15-23(25)30)37-19-38-27/h5-11,14-16H,3-4,12-13,17-19H2,1-2H3,(H,31,34). The molecule has 0 aliphatic carbocycles. The Balaban J connectivity index is 1.26. The second-order valence-electron chi connectivity index (χ2n) is 9.79. The number of anilines is 1. The summed E-state index contributed by atoms with van der Waals surface area (Å²) in [6.07, 6.45) is 0. The fourth-order valence-corrected chi connectivity index (χ4v) is 5.68. The predicted octanol–water partition coefficient (Wildman–Crippen LogP) is 3.71. The van der Waals surface area contributed by atoms with Crippen LogP contribution in [-0.2, 0) is 16.8 Å². The van der Waals surface area contributed by atoms with E-state index in [2.05, 4.69) is 24.1 Å². The first kappa shape index (κ1) is 24.3. The average molecular weight is 514 g/mol. The third-order valence-electron chi connectivity index (χ3n) is 7.78. The number of ether oxygens (including phenoxy) is 3. The highest BCUT2D eigenvalue weighted by molar-refractivity contribution is 6.11. The van der Waals surface area contributed by atoms with Crippen LogP contribution in [0.5, 0.6) is 17.2 Å². The lowest BCUT2D eigenvalue weighted by molar-refractivity contribution is -0.122. The van der Waals surface area contributed by atoms with Gasteiger partial charge in [-0.25, -0.2) is 0 Å². The van der Waals surface area contributed by atoms with E-state index < -0.39 is 5.41 Å². The Bertz CT molecular complexity index is 1400. The fraction of sp³-hybridized carbons (Fsp3) is 0.333. The fourth-order valence-electron chi connectivity index (χ4n) is 5.68. The van der Waals surface area contributed by atoms with Crippen molar-refractivity contribution in [1.29, 1.82) is 0 Å². The zero-order valence-corrected chi connectivity index (χ0v) is 21.7. The van der Waals surface area contributed by atoms with Gasteiger partial charge in [-0.2, -0.15) is 0 Å². The van der Waals surface area contributed by atoms with E-state index in [0.717, 1.165) is 42.0 Å². The lowest BCUT2D eigenvalue weighted by Gasteiger charge is -2.23. The third-order valence-corrected chi connectivity index (χ3v) is 7.78. The Morgan fingerprint density at radius 1 is 0.947 bits per heavy atom. The number of nitrogens with one attached hydrogen (secondary N) is 1. The number of amides is 2. The van der Waals surface area contributed by atoms with Gasteiger partial charge in [0.25, 0.3) is 5.91 Å². The molecule has 0 aromatic heterocycles. The van der Waals surface area contributed by atoms with Crippen LogP contribution < -0.4 is 24.4 Å². The Kier molecular flexibility index (Phi) is 6.19. The molecule has 0 fully saturated rings. The van der Waals surface area contributed by atoms with Gasteiger partial charge < -0.3 is 29.3 Å². The number of likely N-dealkylation sites (N-methyl/N-ethyl adjacent to an activating group) is 1. The summed E-state index contributed by atoms with van der Waals surface area (Å²) < 4.78 is 17.2. The van der Waals surface area contributed by atoms with Crippen LogP contribution in [0.1, 0.15) is 40.9 Å². The van der Waals surface area contributed by atoms with Crippen molar-refractivity contribution in [3.63, 3.8) is 0 Å². The van der Waals surface area contributed by atoms with Crippen LogP contribution in [0.4, 0.5) is 5.69 Å². The molecule has 1 spiro atoms. The van der Waals surface area contributed by atoms with Crippen LogP contribution in [0.3, 0.4) is 0 Å². The molecule has 2 amide bonds. The number of carbonyl (C=O) groups excluding carboxylic acids is 2. The topological polar surface area (TPSA) is 80.3 Å². The highest BCUT2D eigenvalue weighted by atomic mass is 16.7. The van der Waals surface area contributed by atoms with Crippen molar-refractivity contribution in [2.45, 2.75) is 25.8 Å². The van der Waals surface area contributed by atoms with Gasteiger partial charge in [0, 0.05) is 36.0 Å². The van der Waals surface area contributed by atoms with Crippen molar-refractivity contribution in [2.24, 2.45) is 0 Å². The Morgan fingerprint density at radius 2 is 1.74 bits per heavy atom. The molecule has 0 radical (unpaired) electrons. The first-order valence-electron chi connectivity index (χ1n) is 13.1. The maximum Gasteiger partial charge on any atom is 0.251 e. The Morgan fingerprint density at radius 3 is 2.55 bits per heavy atom. The van der Waals surface area contributed by atoms with Gasteiger partial charge in [-0.1, -0.05) is 44.2 Å². The molecule has 6 rings (SSSR count). The van der Waals surface area contributed by atoms with Gasteiger partial charge in [0.05, 0.1) is 6.54 Å². The van der Waals surface area contributed by atoms with E-state index in [1.54, 1.807) is 11.0 Å². The number of hydrogen-bond acceptors (Lipinski definition) is 6. The molecular weight excluding hydrogens is 482 g/mol. The van der Waals surface area contributed by atoms with Crippen molar-refractivity contribution >= 4 is 17.5 Å². The molecule has 196 valence electrons. The number of para-hydroxylation sites is 1. The second kappa shape index (κ2) is 9.68. The van der Waals surface area contributed by atoms with Crippen molar-refractivity contribution in [3.8, 4) is 17.2 Å². The van der Waals surface area contributed by atoms with Crippen molar-refractivity contribution < 1.29 is 23.8 Å². The lowest BCUT2D eigenvalue weighted by Crippen LogP contribution is -2.42. The smallest absolute Gasteiger partial charge is 0.251 e. The predicted molar refractivity (Wildman–Crippen MR) is 143 cm³/mol. The second-order valence-corrected chi connectivity index (χ2v) is 9.79. The third kappa shape index (κ3) is 3.87. The van der Waals surface area contributed by atoms with Gasteiger partial charge in [0.15, 0.2) is 11.5 Å². The van der Waals surface area contributed by atoms with Gasteiger partial charge in [0.2, 0.25) is 12.7 Å². The molecule has 3 aromatic carbocycles. The van der Waals surface area contributed by atoms with E-state index >= 15 is 0 Å². The summed E-state index contributed by atoms with van der Waals surface area (Å²) >= 11 is 0. The highest BCUT2D eigenvalue weighted by Crippen LogP contribution is 2.55. The van der Waals surface area contributed by atoms with Crippen LogP contribution in [0.25, 0.3) is 0 Å². The van der Waals surface area contributed by atoms with E-state index in [4.69, 9.17) is 14.2 Å². The number of hydrogen-bond donors (Lipinski definition) is 1. The normalized spacial score (nSPS) is 18.6. The van der Waals surface area contributed by atoms with Crippen LogP contribution in [0.15, 0.2) is 60.7 Å². The molecule has 1 unspecified atom stereocenters. The van der Waals surface area contributed by atoms with Crippen molar-refractivity contribution in [3.05, 3.63) is 82.9 Å². The largest absolute Gasteiger partial charge is 0.491 e. The summed E-state index contributed by atoms with van der Waals surface area (Å²) in [6.45, 7) is 8.24. The van der Waals surface area contributed by atoms with Crippen molar-refractivity contribution in [1.82, 2.24) is 10.2 Å². The van der Waals surface area contributed by atoms with E-state index in [-0.39, 0.29) is 25.2 Å². The molecule has 0 bridgehead atoms. The Hall–Kier alpha value is -4.04. The molecule has 3 heterocycles. The first-order valence-corrected chi connectivity index (χ1v) is 13.1. The molecule has 1 N–H and O–H groups in total. The molecule has 8 nitrogen and oxygen atoms in total. The van der Waals surface area contributed by atoms with Crippen LogP contribution in [0, 0.1) is 0 Å². The summed E-state index contributed by atoms with van der Waals surface area (Å²) in [6, 6.07) is 19.0. The van der Waals surface area contributed by atoms with E-state index in [1.165, 1.54) is 0 Å². The van der Waals surface area contributed by atoms with Crippen molar-refractivity contribution in [2.75, 3.05) is 44.5 Å². The van der Waals surface area contributed by atoms with Gasteiger partial charge >= 0.3 is 0 Å². The molecule has 38 heavy (non-hydrogen) atoms. The minimum absolute atomic E-state index is 0.0506. The number of rotatable bonds is 8. The van der Waals surface area contributed by atoms with Gasteiger partial charge in [-0.15, -0.1) is 0 Å². The Labute approximate surface area is 222 Å². The summed E-state index contributed by atoms with van der Waals surface area (Å²) in [5.41, 5.74) is 3.06. The van der Waals surface area contributed by atoms with Crippen LogP contribution >= 0.6 is 0 Å². The summed E-state index contributed by atoms with van der Waals surface area (Å²) in [5.74, 6) is 1.73. The maximum atomic E-state index is 14.2. The van der Waals surface area contributed by atoms with E-state index in [9.17, 15) is 9.59 Å². The highest BCUT2D eigenvalue weighted by Gasteiger charge is 2.57. The molecule has 0 saturated heterocycles. The van der Waals surface area contributed by atoms with Gasteiger partial charge in [-0.05, 0) is 48.5 Å². The van der Waals surface area contributed by atoms with E-state index in [0.29, 0.717) is 35.9 Å². The summed E-state index contributed by atoms with van der Waals surface area (Å²) in [4.78, 5) is 31.1. The molecule has 0 saturated carbocycles. The number of fused-ring (bicyclic) bond motifs is 5. The van der Waals surface area contributed by atoms with Gasteiger partial charge in [0.1, 0.15) is 17.8 Å². The summed E-state index contributed by atoms with van der Waals surface area (Å²) in [5, 5.41) is 3.01. The minimum Gasteiger partial charge on any atom is -0.491 e. The zero-order chi connectivity index (χ0) is 26.3. The zero-order valence-electron chi connectivity index (χ0n) is 21.7. The average Bonchev–Trinajstić information content (AvgIpc) is 3.62. The van der Waals surface area contributed by atoms with Crippen LogP contribution in [0.2, 0.25) is 0 Å². The molecule has 3 aliphatic rings. The molecule has 1 atom stereocenters. The number of nitrogens with zero attached hydrogens (tertiary/aromatic N) is 2.